The molecule has 6 nitrogen and oxygen atoms in total. The van der Waals surface area contributed by atoms with Crippen LogP contribution in [0.15, 0.2) is 0 Å². The number of aliphatic hydroxyl groups excluding tert-OH is 1. The Balaban J connectivity index is 1.37. The van der Waals surface area contributed by atoms with Gasteiger partial charge in [-0.05, 0) is 121 Å². The second-order valence-corrected chi connectivity index (χ2v) is 17.0. The zero-order chi connectivity index (χ0) is 30.7. The minimum Gasteiger partial charge on any atom is -0.393 e. The SMILES string of the molecule is CC(=O)NCCOCCNC(=O)[C@]12CC[C@@H](C(C)C)[C@H]1C1CC[C@@H]3[C@@]4(C)CC[C@@H](O)C(C)(C)[C@@H]4CC[C@@]3(C)[C@]1(C)CC2. The molecule has 0 aromatic rings. The Kier molecular flexibility index (Phi) is 8.71. The summed E-state index contributed by atoms with van der Waals surface area (Å²) in [7, 11) is 0. The summed E-state index contributed by atoms with van der Waals surface area (Å²) in [6.07, 6.45) is 11.3. The molecule has 0 heterocycles. The number of fused-ring (bicyclic) bond motifs is 7. The maximum absolute atomic E-state index is 14.2. The quantitative estimate of drug-likeness (QED) is 0.289. The highest BCUT2D eigenvalue weighted by Gasteiger charge is 2.71. The first-order chi connectivity index (χ1) is 19.6. The predicted molar refractivity (Wildman–Crippen MR) is 168 cm³/mol. The van der Waals surface area contributed by atoms with Gasteiger partial charge in [0.15, 0.2) is 0 Å². The monoisotopic (exact) mass is 586 g/mol. The van der Waals surface area contributed by atoms with Crippen LogP contribution in [0, 0.1) is 62.6 Å². The highest BCUT2D eigenvalue weighted by Crippen LogP contribution is 2.77. The van der Waals surface area contributed by atoms with Crippen LogP contribution in [0.25, 0.3) is 0 Å². The van der Waals surface area contributed by atoms with Crippen molar-refractivity contribution in [3.63, 3.8) is 0 Å². The van der Waals surface area contributed by atoms with Crippen molar-refractivity contribution < 1.29 is 19.4 Å². The van der Waals surface area contributed by atoms with Crippen LogP contribution in [0.3, 0.4) is 0 Å². The van der Waals surface area contributed by atoms with Crippen LogP contribution >= 0.6 is 0 Å². The fourth-order valence-electron chi connectivity index (χ4n) is 12.6. The molecule has 0 aliphatic heterocycles. The number of carbonyl (C=O) groups is 2. The van der Waals surface area contributed by atoms with E-state index < -0.39 is 0 Å². The van der Waals surface area contributed by atoms with Crippen molar-refractivity contribution in [2.45, 2.75) is 126 Å². The van der Waals surface area contributed by atoms with Crippen molar-refractivity contribution in [2.75, 3.05) is 26.3 Å². The van der Waals surface area contributed by atoms with E-state index in [9.17, 15) is 14.7 Å². The van der Waals surface area contributed by atoms with Gasteiger partial charge in [-0.3, -0.25) is 9.59 Å². The number of ether oxygens (including phenoxy) is 1. The fourth-order valence-corrected chi connectivity index (χ4v) is 12.6. The largest absolute Gasteiger partial charge is 0.393 e. The van der Waals surface area contributed by atoms with Crippen molar-refractivity contribution in [3.8, 4) is 0 Å². The standard InChI is InChI=1S/C36H62N2O4/c1-23(2)25-11-16-36(31(41)38-20-22-42-21-19-37-24(3)39)18-17-34(7)26(30(25)36)9-10-28-33(6)14-13-29(40)32(4,5)27(33)12-15-35(28,34)8/h23,25-30,40H,9-22H2,1-8H3,(H,37,39)(H,38,41)/t25-,26?,27-,28+,29+,30-,33-,34+,35+,36-/m0/s1. The molecular formula is C36H62N2O4. The highest BCUT2D eigenvalue weighted by atomic mass is 16.5. The van der Waals surface area contributed by atoms with Gasteiger partial charge < -0.3 is 20.5 Å². The van der Waals surface area contributed by atoms with E-state index in [1.807, 2.05) is 0 Å². The maximum Gasteiger partial charge on any atom is 0.226 e. The van der Waals surface area contributed by atoms with Crippen LogP contribution in [-0.2, 0) is 14.3 Å². The summed E-state index contributed by atoms with van der Waals surface area (Å²) in [5, 5.41) is 17.1. The van der Waals surface area contributed by atoms with E-state index in [0.29, 0.717) is 61.8 Å². The Labute approximate surface area is 256 Å². The van der Waals surface area contributed by atoms with Crippen LogP contribution in [0.1, 0.15) is 120 Å². The maximum atomic E-state index is 14.2. The lowest BCUT2D eigenvalue weighted by atomic mass is 9.32. The molecule has 0 aromatic carbocycles. The molecule has 0 bridgehead atoms. The molecule has 3 N–H and O–H groups in total. The van der Waals surface area contributed by atoms with E-state index in [1.165, 1.54) is 39.0 Å². The van der Waals surface area contributed by atoms with E-state index in [0.717, 1.165) is 32.1 Å². The lowest BCUT2D eigenvalue weighted by Crippen LogP contribution is -2.67. The van der Waals surface area contributed by atoms with E-state index in [-0.39, 0.29) is 45.0 Å². The number of nitrogens with one attached hydrogen (secondary N) is 2. The molecule has 2 amide bonds. The lowest BCUT2D eigenvalue weighted by molar-refractivity contribution is -0.248. The molecule has 42 heavy (non-hydrogen) atoms. The topological polar surface area (TPSA) is 87.7 Å². The summed E-state index contributed by atoms with van der Waals surface area (Å²) in [5.74, 6) is 3.72. The molecule has 10 atom stereocenters. The number of aliphatic hydroxyl groups is 1. The van der Waals surface area contributed by atoms with Crippen LogP contribution in [-0.4, -0.2) is 49.3 Å². The first kappa shape index (κ1) is 32.3. The number of hydrogen-bond acceptors (Lipinski definition) is 4. The smallest absolute Gasteiger partial charge is 0.226 e. The van der Waals surface area contributed by atoms with Crippen LogP contribution in [0.5, 0.6) is 0 Å². The normalized spacial score (nSPS) is 45.8. The van der Waals surface area contributed by atoms with Gasteiger partial charge in [0.1, 0.15) is 0 Å². The number of carbonyl (C=O) groups excluding carboxylic acids is 2. The third-order valence-electron chi connectivity index (χ3n) is 14.9. The Morgan fingerprint density at radius 3 is 2.17 bits per heavy atom. The molecule has 5 rings (SSSR count). The van der Waals surface area contributed by atoms with Gasteiger partial charge in [-0.1, -0.05) is 48.5 Å². The molecular weight excluding hydrogens is 524 g/mol. The zero-order valence-corrected chi connectivity index (χ0v) is 28.1. The second kappa shape index (κ2) is 11.3. The molecule has 5 fully saturated rings. The number of hydrogen-bond donors (Lipinski definition) is 3. The van der Waals surface area contributed by atoms with Gasteiger partial charge in [0.2, 0.25) is 11.8 Å². The molecule has 0 aromatic heterocycles. The van der Waals surface area contributed by atoms with Crippen LogP contribution in [0.4, 0.5) is 0 Å². The predicted octanol–water partition coefficient (Wildman–Crippen LogP) is 6.35. The third-order valence-corrected chi connectivity index (χ3v) is 14.9. The van der Waals surface area contributed by atoms with Crippen molar-refractivity contribution in [1.82, 2.24) is 10.6 Å². The van der Waals surface area contributed by atoms with Gasteiger partial charge in [-0.15, -0.1) is 0 Å². The molecule has 1 unspecified atom stereocenters. The average Bonchev–Trinajstić information content (AvgIpc) is 3.32. The Hall–Kier alpha value is -1.14. The number of rotatable bonds is 8. The molecule has 5 aliphatic carbocycles. The van der Waals surface area contributed by atoms with E-state index in [1.54, 1.807) is 0 Å². The highest BCUT2D eigenvalue weighted by molar-refractivity contribution is 5.83. The van der Waals surface area contributed by atoms with Crippen LogP contribution in [0.2, 0.25) is 0 Å². The molecule has 6 heteroatoms. The molecule has 5 saturated carbocycles. The minimum absolute atomic E-state index is 0.0201. The van der Waals surface area contributed by atoms with Crippen molar-refractivity contribution >= 4 is 11.8 Å². The van der Waals surface area contributed by atoms with Gasteiger partial charge in [-0.2, -0.15) is 0 Å². The van der Waals surface area contributed by atoms with E-state index in [4.69, 9.17) is 4.74 Å². The van der Waals surface area contributed by atoms with E-state index in [2.05, 4.69) is 59.1 Å². The van der Waals surface area contributed by atoms with Gasteiger partial charge in [0.05, 0.1) is 24.7 Å². The van der Waals surface area contributed by atoms with Crippen molar-refractivity contribution in [3.05, 3.63) is 0 Å². The lowest BCUT2D eigenvalue weighted by Gasteiger charge is -2.73. The Morgan fingerprint density at radius 2 is 1.50 bits per heavy atom. The molecule has 0 saturated heterocycles. The molecule has 5 aliphatic rings. The first-order valence-corrected chi connectivity index (χ1v) is 17.4. The molecule has 0 radical (unpaired) electrons. The summed E-state index contributed by atoms with van der Waals surface area (Å²) in [6.45, 7) is 20.9. The average molecular weight is 587 g/mol. The number of amides is 2. The van der Waals surface area contributed by atoms with Gasteiger partial charge >= 0.3 is 0 Å². The van der Waals surface area contributed by atoms with Gasteiger partial charge in [0.25, 0.3) is 0 Å². The minimum atomic E-state index is -0.253. The van der Waals surface area contributed by atoms with Crippen molar-refractivity contribution in [1.29, 1.82) is 0 Å². The summed E-state index contributed by atoms with van der Waals surface area (Å²) >= 11 is 0. The fraction of sp³-hybridized carbons (Fsp3) is 0.944. The van der Waals surface area contributed by atoms with Crippen LogP contribution < -0.4 is 10.6 Å². The van der Waals surface area contributed by atoms with Gasteiger partial charge in [-0.25, -0.2) is 0 Å². The summed E-state index contributed by atoms with van der Waals surface area (Å²) in [6, 6.07) is 0. The Bertz CT molecular complexity index is 1030. The second-order valence-electron chi connectivity index (χ2n) is 17.0. The summed E-state index contributed by atoms with van der Waals surface area (Å²) in [5.41, 5.74) is 0.518. The zero-order valence-electron chi connectivity index (χ0n) is 28.1. The van der Waals surface area contributed by atoms with E-state index >= 15 is 0 Å². The summed E-state index contributed by atoms with van der Waals surface area (Å²) < 4.78 is 5.69. The first-order valence-electron chi connectivity index (χ1n) is 17.4. The van der Waals surface area contributed by atoms with Gasteiger partial charge in [0, 0.05) is 20.0 Å². The molecule has 240 valence electrons. The van der Waals surface area contributed by atoms with Crippen molar-refractivity contribution in [2.24, 2.45) is 62.6 Å². The third kappa shape index (κ3) is 4.79. The Morgan fingerprint density at radius 1 is 0.810 bits per heavy atom. The molecule has 0 spiro atoms. The summed E-state index contributed by atoms with van der Waals surface area (Å²) in [4.78, 5) is 25.3.